The van der Waals surface area contributed by atoms with Crippen molar-refractivity contribution in [1.29, 1.82) is 0 Å². The van der Waals surface area contributed by atoms with E-state index in [0.717, 1.165) is 22.3 Å². The Labute approximate surface area is 201 Å². The molecule has 1 amide bonds. The van der Waals surface area contributed by atoms with Crippen LogP contribution in [0.5, 0.6) is 0 Å². The lowest BCUT2D eigenvalue weighted by molar-refractivity contribution is -0.0767. The summed E-state index contributed by atoms with van der Waals surface area (Å²) in [5.41, 5.74) is 2.31. The number of halogens is 1. The Morgan fingerprint density at radius 1 is 1.00 bits per heavy atom. The number of ether oxygens (including phenoxy) is 1. The normalized spacial score (nSPS) is 19.6. The second-order valence-electron chi connectivity index (χ2n) is 9.79. The Kier molecular flexibility index (Phi) is 6.76. The molecule has 0 aliphatic carbocycles. The van der Waals surface area contributed by atoms with E-state index >= 15 is 0 Å². The SMILES string of the molecule is CC(c1ccc(-c2ccc(F)cc2)cc1)N1CCC(CCC(C)(C)O)(c2ccccc2)OC1=O. The first-order chi connectivity index (χ1) is 16.2. The van der Waals surface area contributed by atoms with Gasteiger partial charge in [0.15, 0.2) is 0 Å². The third kappa shape index (κ3) is 5.31. The van der Waals surface area contributed by atoms with Gasteiger partial charge in [-0.2, -0.15) is 0 Å². The van der Waals surface area contributed by atoms with Crippen LogP contribution in [0.1, 0.15) is 57.2 Å². The van der Waals surface area contributed by atoms with Crippen molar-refractivity contribution in [1.82, 2.24) is 4.90 Å². The molecule has 2 atom stereocenters. The molecule has 1 aliphatic rings. The second-order valence-corrected chi connectivity index (χ2v) is 9.79. The number of rotatable bonds is 7. The maximum Gasteiger partial charge on any atom is 0.411 e. The molecule has 0 bridgehead atoms. The topological polar surface area (TPSA) is 49.8 Å². The van der Waals surface area contributed by atoms with Crippen molar-refractivity contribution in [3.8, 4) is 11.1 Å². The third-order valence-electron chi connectivity index (χ3n) is 6.75. The number of benzene rings is 3. The summed E-state index contributed by atoms with van der Waals surface area (Å²) in [6.07, 6.45) is 1.38. The summed E-state index contributed by atoms with van der Waals surface area (Å²) in [6.45, 7) is 6.11. The van der Waals surface area contributed by atoms with E-state index < -0.39 is 11.2 Å². The van der Waals surface area contributed by atoms with Crippen molar-refractivity contribution in [2.75, 3.05) is 6.54 Å². The van der Waals surface area contributed by atoms with Gasteiger partial charge in [0.05, 0.1) is 11.6 Å². The van der Waals surface area contributed by atoms with Crippen LogP contribution in [0, 0.1) is 5.82 Å². The van der Waals surface area contributed by atoms with Crippen molar-refractivity contribution in [3.63, 3.8) is 0 Å². The molecule has 1 aliphatic heterocycles. The van der Waals surface area contributed by atoms with Gasteiger partial charge in [-0.05, 0) is 68.0 Å². The van der Waals surface area contributed by atoms with E-state index in [-0.39, 0.29) is 18.0 Å². The Hall–Kier alpha value is -3.18. The lowest BCUT2D eigenvalue weighted by Gasteiger charge is -2.44. The summed E-state index contributed by atoms with van der Waals surface area (Å²) in [5.74, 6) is -0.258. The Morgan fingerprint density at radius 2 is 1.59 bits per heavy atom. The quantitative estimate of drug-likeness (QED) is 0.419. The molecule has 1 fully saturated rings. The summed E-state index contributed by atoms with van der Waals surface area (Å²) >= 11 is 0. The molecule has 0 spiro atoms. The highest BCUT2D eigenvalue weighted by molar-refractivity contribution is 5.70. The van der Waals surface area contributed by atoms with Gasteiger partial charge in [0, 0.05) is 13.0 Å². The number of amides is 1. The third-order valence-corrected chi connectivity index (χ3v) is 6.75. The van der Waals surface area contributed by atoms with E-state index in [1.165, 1.54) is 12.1 Å². The van der Waals surface area contributed by atoms with Crippen LogP contribution in [0.25, 0.3) is 11.1 Å². The van der Waals surface area contributed by atoms with Gasteiger partial charge >= 0.3 is 6.09 Å². The number of carbonyl (C=O) groups excluding carboxylic acids is 1. The molecule has 34 heavy (non-hydrogen) atoms. The number of cyclic esters (lactones) is 1. The molecule has 178 valence electrons. The van der Waals surface area contributed by atoms with Crippen LogP contribution >= 0.6 is 0 Å². The van der Waals surface area contributed by atoms with Crippen LogP contribution in [0.2, 0.25) is 0 Å². The average molecular weight is 462 g/mol. The molecule has 0 radical (unpaired) electrons. The largest absolute Gasteiger partial charge is 0.438 e. The van der Waals surface area contributed by atoms with Gasteiger partial charge in [0.2, 0.25) is 0 Å². The maximum absolute atomic E-state index is 13.2. The molecule has 1 saturated heterocycles. The van der Waals surface area contributed by atoms with Crippen LogP contribution < -0.4 is 0 Å². The summed E-state index contributed by atoms with van der Waals surface area (Å²) in [6, 6.07) is 24.1. The number of carbonyl (C=O) groups is 1. The summed E-state index contributed by atoms with van der Waals surface area (Å²) in [5, 5.41) is 10.3. The van der Waals surface area contributed by atoms with Crippen LogP contribution in [0.3, 0.4) is 0 Å². The van der Waals surface area contributed by atoms with E-state index in [1.54, 1.807) is 30.9 Å². The predicted molar refractivity (Wildman–Crippen MR) is 132 cm³/mol. The number of hydrogen-bond donors (Lipinski definition) is 1. The molecule has 1 N–H and O–H groups in total. The number of hydrogen-bond acceptors (Lipinski definition) is 3. The van der Waals surface area contributed by atoms with E-state index in [1.807, 2.05) is 61.5 Å². The first-order valence-electron chi connectivity index (χ1n) is 11.8. The zero-order valence-corrected chi connectivity index (χ0v) is 20.0. The second kappa shape index (κ2) is 9.59. The first-order valence-corrected chi connectivity index (χ1v) is 11.8. The van der Waals surface area contributed by atoms with Gasteiger partial charge in [0.1, 0.15) is 11.4 Å². The summed E-state index contributed by atoms with van der Waals surface area (Å²) in [7, 11) is 0. The molecule has 0 saturated carbocycles. The van der Waals surface area contributed by atoms with Gasteiger partial charge in [-0.25, -0.2) is 9.18 Å². The van der Waals surface area contributed by atoms with Crippen molar-refractivity contribution in [2.24, 2.45) is 0 Å². The fourth-order valence-electron chi connectivity index (χ4n) is 4.57. The highest BCUT2D eigenvalue weighted by Gasteiger charge is 2.44. The standard InChI is InChI=1S/C29H32FNO3/c1-21(22-9-11-23(12-10-22)24-13-15-26(30)16-14-24)31-20-19-29(34-27(31)32,18-17-28(2,3)33)25-7-5-4-6-8-25/h4-16,21,33H,17-20H2,1-3H3. The van der Waals surface area contributed by atoms with Crippen molar-refractivity contribution < 1.29 is 19.0 Å². The number of aliphatic hydroxyl groups is 1. The van der Waals surface area contributed by atoms with Gasteiger partial charge < -0.3 is 14.7 Å². The predicted octanol–water partition coefficient (Wildman–Crippen LogP) is 6.84. The zero-order valence-electron chi connectivity index (χ0n) is 20.0. The zero-order chi connectivity index (χ0) is 24.3. The molecule has 5 heteroatoms. The van der Waals surface area contributed by atoms with Gasteiger partial charge in [-0.1, -0.05) is 66.7 Å². The maximum atomic E-state index is 13.2. The molecular formula is C29H32FNO3. The van der Waals surface area contributed by atoms with Gasteiger partial charge in [0.25, 0.3) is 0 Å². The highest BCUT2D eigenvalue weighted by atomic mass is 19.1. The van der Waals surface area contributed by atoms with Crippen molar-refractivity contribution in [2.45, 2.75) is 57.3 Å². The highest BCUT2D eigenvalue weighted by Crippen LogP contribution is 2.41. The molecule has 1 heterocycles. The van der Waals surface area contributed by atoms with Crippen LogP contribution in [0.15, 0.2) is 78.9 Å². The van der Waals surface area contributed by atoms with Crippen LogP contribution in [-0.4, -0.2) is 28.2 Å². The van der Waals surface area contributed by atoms with Crippen LogP contribution in [0.4, 0.5) is 9.18 Å². The van der Waals surface area contributed by atoms with E-state index in [2.05, 4.69) is 0 Å². The molecule has 4 rings (SSSR count). The summed E-state index contributed by atoms with van der Waals surface area (Å²) in [4.78, 5) is 15.0. The van der Waals surface area contributed by atoms with E-state index in [4.69, 9.17) is 4.74 Å². The molecule has 3 aromatic rings. The fraction of sp³-hybridized carbons (Fsp3) is 0.345. The van der Waals surface area contributed by atoms with Crippen molar-refractivity contribution >= 4 is 6.09 Å². The Balaban J connectivity index is 1.51. The Morgan fingerprint density at radius 3 is 2.15 bits per heavy atom. The minimum atomic E-state index is -0.842. The molecule has 3 aromatic carbocycles. The Bertz CT molecular complexity index is 1110. The van der Waals surface area contributed by atoms with Gasteiger partial charge in [-0.3, -0.25) is 0 Å². The lowest BCUT2D eigenvalue weighted by Crippen LogP contribution is -2.49. The molecule has 0 aromatic heterocycles. The summed E-state index contributed by atoms with van der Waals surface area (Å²) < 4.78 is 19.4. The monoisotopic (exact) mass is 461 g/mol. The smallest absolute Gasteiger partial charge is 0.411 e. The van der Waals surface area contributed by atoms with Crippen LogP contribution in [-0.2, 0) is 10.3 Å². The van der Waals surface area contributed by atoms with E-state index in [0.29, 0.717) is 25.8 Å². The van der Waals surface area contributed by atoms with E-state index in [9.17, 15) is 14.3 Å². The lowest BCUT2D eigenvalue weighted by atomic mass is 9.82. The molecule has 4 nitrogen and oxygen atoms in total. The average Bonchev–Trinajstić information content (AvgIpc) is 2.83. The first kappa shape index (κ1) is 24.0. The minimum Gasteiger partial charge on any atom is -0.438 e. The molecule has 2 unspecified atom stereocenters. The van der Waals surface area contributed by atoms with Crippen molar-refractivity contribution in [3.05, 3.63) is 95.8 Å². The number of nitrogens with zero attached hydrogens (tertiary/aromatic N) is 1. The fourth-order valence-corrected chi connectivity index (χ4v) is 4.57. The minimum absolute atomic E-state index is 0.155. The molecular weight excluding hydrogens is 429 g/mol. The van der Waals surface area contributed by atoms with Gasteiger partial charge in [-0.15, -0.1) is 0 Å².